The molecule has 2 rings (SSSR count). The van der Waals surface area contributed by atoms with Crippen LogP contribution in [0.3, 0.4) is 0 Å². The van der Waals surface area contributed by atoms with Gasteiger partial charge >= 0.3 is 0 Å². The van der Waals surface area contributed by atoms with E-state index in [1.807, 2.05) is 0 Å². The monoisotopic (exact) mass is 255 g/mol. The average molecular weight is 255 g/mol. The summed E-state index contributed by atoms with van der Waals surface area (Å²) in [5, 5.41) is 0.729. The third-order valence-electron chi connectivity index (χ3n) is 1.80. The summed E-state index contributed by atoms with van der Waals surface area (Å²) in [6, 6.07) is 8.09. The highest BCUT2D eigenvalue weighted by Gasteiger charge is 2.14. The standard InChI is InChI=1S/C9H9N3O2S2/c10-8-6-11-9(15-8)12-16(13,14)7-4-2-1-3-5-7/h1-6H,10H2,(H,11,12). The molecule has 1 aromatic heterocycles. The zero-order valence-corrected chi connectivity index (χ0v) is 9.75. The quantitative estimate of drug-likeness (QED) is 0.871. The molecule has 0 saturated carbocycles. The number of nitrogens with two attached hydrogens (primary N) is 1. The van der Waals surface area contributed by atoms with E-state index >= 15 is 0 Å². The fraction of sp³-hybridized carbons (Fsp3) is 0. The van der Waals surface area contributed by atoms with Gasteiger partial charge in [-0.25, -0.2) is 13.4 Å². The lowest BCUT2D eigenvalue weighted by Crippen LogP contribution is -2.12. The van der Waals surface area contributed by atoms with Crippen molar-refractivity contribution in [1.29, 1.82) is 0 Å². The van der Waals surface area contributed by atoms with Crippen LogP contribution in [0.5, 0.6) is 0 Å². The molecule has 2 aromatic rings. The van der Waals surface area contributed by atoms with E-state index in [1.165, 1.54) is 18.3 Å². The molecule has 16 heavy (non-hydrogen) atoms. The number of sulfonamides is 1. The number of benzene rings is 1. The lowest BCUT2D eigenvalue weighted by atomic mass is 10.4. The van der Waals surface area contributed by atoms with Crippen molar-refractivity contribution in [1.82, 2.24) is 4.98 Å². The van der Waals surface area contributed by atoms with Crippen LogP contribution in [0.15, 0.2) is 41.4 Å². The van der Waals surface area contributed by atoms with E-state index in [0.717, 1.165) is 11.3 Å². The maximum atomic E-state index is 11.8. The second-order valence-corrected chi connectivity index (χ2v) is 5.73. The Morgan fingerprint density at radius 2 is 1.94 bits per heavy atom. The van der Waals surface area contributed by atoms with Gasteiger partial charge in [-0.2, -0.15) is 0 Å². The van der Waals surface area contributed by atoms with Crippen molar-refractivity contribution in [3.8, 4) is 0 Å². The minimum atomic E-state index is -3.56. The van der Waals surface area contributed by atoms with Crippen LogP contribution in [0.2, 0.25) is 0 Å². The van der Waals surface area contributed by atoms with Crippen molar-refractivity contribution >= 4 is 31.5 Å². The molecule has 7 heteroatoms. The molecular weight excluding hydrogens is 246 g/mol. The molecule has 0 amide bonds. The molecule has 0 spiro atoms. The second kappa shape index (κ2) is 4.11. The van der Waals surface area contributed by atoms with E-state index in [4.69, 9.17) is 5.73 Å². The number of aromatic nitrogens is 1. The summed E-state index contributed by atoms with van der Waals surface area (Å²) in [6.45, 7) is 0. The SMILES string of the molecule is Nc1cnc(NS(=O)(=O)c2ccccc2)s1. The van der Waals surface area contributed by atoms with Crippen LogP contribution in [-0.2, 0) is 10.0 Å². The lowest BCUT2D eigenvalue weighted by Gasteiger charge is -2.03. The molecular formula is C9H9N3O2S2. The molecule has 0 unspecified atom stereocenters. The molecule has 0 radical (unpaired) electrons. The summed E-state index contributed by atoms with van der Waals surface area (Å²) < 4.78 is 26.0. The van der Waals surface area contributed by atoms with Gasteiger partial charge in [-0.3, -0.25) is 4.72 Å². The summed E-state index contributed by atoms with van der Waals surface area (Å²) in [5.74, 6) is 0. The van der Waals surface area contributed by atoms with Crippen molar-refractivity contribution in [3.05, 3.63) is 36.5 Å². The first-order valence-electron chi connectivity index (χ1n) is 4.37. The zero-order chi connectivity index (χ0) is 11.6. The van der Waals surface area contributed by atoms with Gasteiger partial charge in [-0.1, -0.05) is 29.5 Å². The van der Waals surface area contributed by atoms with Gasteiger partial charge in [0.25, 0.3) is 10.0 Å². The van der Waals surface area contributed by atoms with Crippen LogP contribution in [0.25, 0.3) is 0 Å². The summed E-state index contributed by atoms with van der Waals surface area (Å²) in [6.07, 6.45) is 1.41. The van der Waals surface area contributed by atoms with Gasteiger partial charge in [-0.05, 0) is 12.1 Å². The lowest BCUT2D eigenvalue weighted by molar-refractivity contribution is 0.601. The molecule has 0 aliphatic rings. The Morgan fingerprint density at radius 3 is 2.50 bits per heavy atom. The van der Waals surface area contributed by atoms with Crippen molar-refractivity contribution in [2.75, 3.05) is 10.5 Å². The van der Waals surface area contributed by atoms with Crippen molar-refractivity contribution < 1.29 is 8.42 Å². The maximum absolute atomic E-state index is 11.8. The van der Waals surface area contributed by atoms with Crippen LogP contribution in [-0.4, -0.2) is 13.4 Å². The second-order valence-electron chi connectivity index (χ2n) is 2.99. The van der Waals surface area contributed by atoms with E-state index in [1.54, 1.807) is 18.2 Å². The minimum absolute atomic E-state index is 0.198. The smallest absolute Gasteiger partial charge is 0.263 e. The van der Waals surface area contributed by atoms with Crippen molar-refractivity contribution in [2.45, 2.75) is 4.90 Å². The zero-order valence-electron chi connectivity index (χ0n) is 8.12. The Morgan fingerprint density at radius 1 is 1.25 bits per heavy atom. The first kappa shape index (κ1) is 10.9. The molecule has 0 fully saturated rings. The maximum Gasteiger partial charge on any atom is 0.263 e. The number of hydrogen-bond acceptors (Lipinski definition) is 5. The number of hydrogen-bond donors (Lipinski definition) is 2. The van der Waals surface area contributed by atoms with Crippen LogP contribution in [0.4, 0.5) is 10.1 Å². The summed E-state index contributed by atoms with van der Waals surface area (Å²) in [4.78, 5) is 4.03. The normalized spacial score (nSPS) is 11.2. The minimum Gasteiger partial charge on any atom is -0.389 e. The highest BCUT2D eigenvalue weighted by molar-refractivity contribution is 7.93. The van der Waals surface area contributed by atoms with Crippen molar-refractivity contribution in [3.63, 3.8) is 0 Å². The first-order valence-corrected chi connectivity index (χ1v) is 6.67. The molecule has 0 aliphatic carbocycles. The first-order chi connectivity index (χ1) is 7.58. The van der Waals surface area contributed by atoms with E-state index in [0.29, 0.717) is 5.00 Å². The molecule has 0 bridgehead atoms. The number of nitrogens with zero attached hydrogens (tertiary/aromatic N) is 1. The number of nitrogen functional groups attached to an aromatic ring is 1. The molecule has 3 N–H and O–H groups in total. The van der Waals surface area contributed by atoms with Gasteiger partial charge in [0.2, 0.25) is 0 Å². The molecule has 84 valence electrons. The molecule has 0 atom stereocenters. The van der Waals surface area contributed by atoms with Crippen LogP contribution in [0, 0.1) is 0 Å². The summed E-state index contributed by atoms with van der Waals surface area (Å²) in [7, 11) is -3.56. The average Bonchev–Trinajstić information content (AvgIpc) is 2.64. The molecule has 0 saturated heterocycles. The van der Waals surface area contributed by atoms with Crippen LogP contribution >= 0.6 is 11.3 Å². The van der Waals surface area contributed by atoms with Gasteiger partial charge in [0.05, 0.1) is 11.1 Å². The number of thiazole rings is 1. The summed E-state index contributed by atoms with van der Waals surface area (Å²) in [5.41, 5.74) is 5.46. The Hall–Kier alpha value is -1.60. The Kier molecular flexibility index (Phi) is 2.80. The third kappa shape index (κ3) is 2.31. The van der Waals surface area contributed by atoms with E-state index < -0.39 is 10.0 Å². The Bertz CT molecular complexity index is 578. The largest absolute Gasteiger partial charge is 0.389 e. The molecule has 1 heterocycles. The van der Waals surface area contributed by atoms with Gasteiger partial charge in [0, 0.05) is 0 Å². The van der Waals surface area contributed by atoms with Gasteiger partial charge in [-0.15, -0.1) is 0 Å². The topological polar surface area (TPSA) is 85.1 Å². The van der Waals surface area contributed by atoms with Gasteiger partial charge in [0.15, 0.2) is 5.13 Å². The molecule has 1 aromatic carbocycles. The molecule has 5 nitrogen and oxygen atoms in total. The fourth-order valence-corrected chi connectivity index (χ4v) is 2.95. The van der Waals surface area contributed by atoms with E-state index in [9.17, 15) is 8.42 Å². The Balaban J connectivity index is 2.28. The van der Waals surface area contributed by atoms with Crippen LogP contribution in [0.1, 0.15) is 0 Å². The number of nitrogens with one attached hydrogen (secondary N) is 1. The number of rotatable bonds is 3. The van der Waals surface area contributed by atoms with Crippen LogP contribution < -0.4 is 10.5 Å². The predicted octanol–water partition coefficient (Wildman–Crippen LogP) is 1.53. The molecule has 0 aliphatic heterocycles. The van der Waals surface area contributed by atoms with Crippen molar-refractivity contribution in [2.24, 2.45) is 0 Å². The highest BCUT2D eigenvalue weighted by Crippen LogP contribution is 2.22. The van der Waals surface area contributed by atoms with Gasteiger partial charge < -0.3 is 5.73 Å². The van der Waals surface area contributed by atoms with Gasteiger partial charge in [0.1, 0.15) is 5.00 Å². The highest BCUT2D eigenvalue weighted by atomic mass is 32.2. The number of anilines is 2. The van der Waals surface area contributed by atoms with E-state index in [2.05, 4.69) is 9.71 Å². The van der Waals surface area contributed by atoms with E-state index in [-0.39, 0.29) is 10.0 Å². The fourth-order valence-electron chi connectivity index (χ4n) is 1.11. The summed E-state index contributed by atoms with van der Waals surface area (Å²) >= 11 is 1.09. The third-order valence-corrected chi connectivity index (χ3v) is 4.02. The Labute approximate surface area is 97.0 Å². The predicted molar refractivity (Wildman–Crippen MR) is 63.8 cm³/mol.